The summed E-state index contributed by atoms with van der Waals surface area (Å²) in [4.78, 5) is 13.5. The van der Waals surface area contributed by atoms with Crippen LogP contribution in [0.5, 0.6) is 0 Å². The molecule has 21 heavy (non-hydrogen) atoms. The lowest BCUT2D eigenvalue weighted by Gasteiger charge is -2.31. The van der Waals surface area contributed by atoms with Crippen molar-refractivity contribution in [3.05, 3.63) is 34.3 Å². The van der Waals surface area contributed by atoms with Crippen LogP contribution in [0.1, 0.15) is 32.3 Å². The first-order valence-corrected chi connectivity index (χ1v) is 8.15. The first-order chi connectivity index (χ1) is 10.0. The molecule has 0 saturated carbocycles. The van der Waals surface area contributed by atoms with E-state index < -0.39 is 0 Å². The minimum Gasteiger partial charge on any atom is -0.447 e. The van der Waals surface area contributed by atoms with Gasteiger partial charge >= 0.3 is 6.09 Å². The Bertz CT molecular complexity index is 453. The van der Waals surface area contributed by atoms with Gasteiger partial charge in [0.05, 0.1) is 18.8 Å². The molecular weight excluding hydrogens is 334 g/mol. The first kappa shape index (κ1) is 16.3. The predicted molar refractivity (Wildman–Crippen MR) is 85.1 cm³/mol. The molecule has 0 N–H and O–H groups in total. The van der Waals surface area contributed by atoms with Gasteiger partial charge in [-0.05, 0) is 44.4 Å². The van der Waals surface area contributed by atoms with E-state index in [0.29, 0.717) is 19.7 Å². The summed E-state index contributed by atoms with van der Waals surface area (Å²) in [6.07, 6.45) is 1.67. The molecule has 1 fully saturated rings. The number of halogens is 1. The van der Waals surface area contributed by atoms with E-state index in [1.54, 1.807) is 4.90 Å². The Morgan fingerprint density at radius 1 is 1.29 bits per heavy atom. The maximum atomic E-state index is 11.8. The molecule has 0 unspecified atom stereocenters. The molecule has 0 aromatic heterocycles. The summed E-state index contributed by atoms with van der Waals surface area (Å²) in [5.74, 6) is 0. The van der Waals surface area contributed by atoms with E-state index in [1.165, 1.54) is 5.56 Å². The van der Waals surface area contributed by atoms with Gasteiger partial charge in [-0.25, -0.2) is 4.79 Å². The molecule has 0 bridgehead atoms. The van der Waals surface area contributed by atoms with Crippen LogP contribution in [-0.4, -0.2) is 36.3 Å². The number of rotatable bonds is 4. The van der Waals surface area contributed by atoms with Crippen LogP contribution < -0.4 is 0 Å². The summed E-state index contributed by atoms with van der Waals surface area (Å²) in [6.45, 7) is 5.76. The Morgan fingerprint density at radius 3 is 2.48 bits per heavy atom. The van der Waals surface area contributed by atoms with Crippen LogP contribution in [0.2, 0.25) is 0 Å². The number of carbonyl (C=O) groups excluding carboxylic acids is 1. The van der Waals surface area contributed by atoms with Gasteiger partial charge in [0.1, 0.15) is 0 Å². The Kier molecular flexibility index (Phi) is 6.06. The molecule has 0 aliphatic carbocycles. The number of ether oxygens (including phenoxy) is 2. The van der Waals surface area contributed by atoms with Gasteiger partial charge < -0.3 is 14.4 Å². The Morgan fingerprint density at radius 2 is 1.90 bits per heavy atom. The number of piperidine rings is 1. The minimum absolute atomic E-state index is 0.0659. The predicted octanol–water partition coefficient (Wildman–Crippen LogP) is 3.98. The zero-order valence-electron chi connectivity index (χ0n) is 12.5. The van der Waals surface area contributed by atoms with Crippen LogP contribution in [0, 0.1) is 0 Å². The molecule has 2 rings (SSSR count). The molecule has 1 amide bonds. The van der Waals surface area contributed by atoms with E-state index >= 15 is 0 Å². The van der Waals surface area contributed by atoms with Gasteiger partial charge in [-0.3, -0.25) is 0 Å². The third-order valence-electron chi connectivity index (χ3n) is 3.44. The highest BCUT2D eigenvalue weighted by Gasteiger charge is 2.24. The molecule has 1 heterocycles. The molecule has 1 aromatic carbocycles. The smallest absolute Gasteiger partial charge is 0.410 e. The Balaban J connectivity index is 1.71. The topological polar surface area (TPSA) is 38.8 Å². The number of hydrogen-bond acceptors (Lipinski definition) is 3. The number of benzene rings is 1. The molecule has 0 atom stereocenters. The number of carbonyl (C=O) groups is 1. The fourth-order valence-corrected chi connectivity index (χ4v) is 2.54. The maximum absolute atomic E-state index is 11.8. The SMILES string of the molecule is CC(C)OC(=O)N1CCC(OCc2ccc(Br)cc2)CC1. The summed E-state index contributed by atoms with van der Waals surface area (Å²) in [7, 11) is 0. The lowest BCUT2D eigenvalue weighted by Crippen LogP contribution is -2.41. The number of nitrogens with zero attached hydrogens (tertiary/aromatic N) is 1. The normalized spacial score (nSPS) is 16.3. The summed E-state index contributed by atoms with van der Waals surface area (Å²) in [5, 5.41) is 0. The average Bonchev–Trinajstić information content (AvgIpc) is 2.46. The van der Waals surface area contributed by atoms with E-state index in [0.717, 1.165) is 17.3 Å². The van der Waals surface area contributed by atoms with Crippen molar-refractivity contribution in [3.63, 3.8) is 0 Å². The molecule has 0 radical (unpaired) electrons. The molecule has 1 saturated heterocycles. The average molecular weight is 356 g/mol. The second-order valence-electron chi connectivity index (χ2n) is 5.56. The van der Waals surface area contributed by atoms with Gasteiger partial charge in [0.2, 0.25) is 0 Å². The van der Waals surface area contributed by atoms with Gasteiger partial charge in [-0.1, -0.05) is 28.1 Å². The van der Waals surface area contributed by atoms with Crippen molar-refractivity contribution < 1.29 is 14.3 Å². The van der Waals surface area contributed by atoms with Crippen LogP contribution >= 0.6 is 15.9 Å². The molecule has 0 spiro atoms. The highest BCUT2D eigenvalue weighted by molar-refractivity contribution is 9.10. The van der Waals surface area contributed by atoms with Crippen LogP contribution in [0.15, 0.2) is 28.7 Å². The minimum atomic E-state index is -0.212. The third kappa shape index (κ3) is 5.32. The van der Waals surface area contributed by atoms with Crippen LogP contribution in [0.3, 0.4) is 0 Å². The van der Waals surface area contributed by atoms with Crippen LogP contribution in [0.4, 0.5) is 4.79 Å². The molecule has 116 valence electrons. The second kappa shape index (κ2) is 7.80. The summed E-state index contributed by atoms with van der Waals surface area (Å²) >= 11 is 3.42. The van der Waals surface area contributed by atoms with Crippen molar-refractivity contribution in [3.8, 4) is 0 Å². The van der Waals surface area contributed by atoms with E-state index in [2.05, 4.69) is 28.1 Å². The zero-order chi connectivity index (χ0) is 15.2. The lowest BCUT2D eigenvalue weighted by molar-refractivity contribution is -0.00616. The fourth-order valence-electron chi connectivity index (χ4n) is 2.28. The highest BCUT2D eigenvalue weighted by atomic mass is 79.9. The van der Waals surface area contributed by atoms with Gasteiger partial charge in [-0.2, -0.15) is 0 Å². The van der Waals surface area contributed by atoms with Crippen molar-refractivity contribution in [1.82, 2.24) is 4.90 Å². The third-order valence-corrected chi connectivity index (χ3v) is 3.96. The molecule has 4 nitrogen and oxygen atoms in total. The van der Waals surface area contributed by atoms with Crippen molar-refractivity contribution in [2.24, 2.45) is 0 Å². The van der Waals surface area contributed by atoms with Crippen LogP contribution in [-0.2, 0) is 16.1 Å². The molecule has 1 aromatic rings. The quantitative estimate of drug-likeness (QED) is 0.819. The lowest BCUT2D eigenvalue weighted by atomic mass is 10.1. The largest absolute Gasteiger partial charge is 0.447 e. The van der Waals surface area contributed by atoms with E-state index in [4.69, 9.17) is 9.47 Å². The van der Waals surface area contributed by atoms with E-state index in [1.807, 2.05) is 26.0 Å². The fraction of sp³-hybridized carbons (Fsp3) is 0.562. The maximum Gasteiger partial charge on any atom is 0.410 e. The number of hydrogen-bond donors (Lipinski definition) is 0. The number of amides is 1. The molecule has 5 heteroatoms. The molecule has 1 aliphatic heterocycles. The van der Waals surface area contributed by atoms with Gasteiger partial charge in [-0.15, -0.1) is 0 Å². The van der Waals surface area contributed by atoms with Gasteiger partial charge in [0.15, 0.2) is 0 Å². The Hall–Kier alpha value is -1.07. The summed E-state index contributed by atoms with van der Waals surface area (Å²) in [5.41, 5.74) is 1.17. The van der Waals surface area contributed by atoms with Crippen molar-refractivity contribution in [1.29, 1.82) is 0 Å². The molecular formula is C16H22BrNO3. The highest BCUT2D eigenvalue weighted by Crippen LogP contribution is 2.18. The van der Waals surface area contributed by atoms with Crippen LogP contribution in [0.25, 0.3) is 0 Å². The van der Waals surface area contributed by atoms with E-state index in [9.17, 15) is 4.79 Å². The van der Waals surface area contributed by atoms with Crippen molar-refractivity contribution in [2.45, 2.75) is 45.5 Å². The van der Waals surface area contributed by atoms with Gasteiger partial charge in [0.25, 0.3) is 0 Å². The summed E-state index contributed by atoms with van der Waals surface area (Å²) < 4.78 is 12.2. The number of likely N-dealkylation sites (tertiary alicyclic amines) is 1. The first-order valence-electron chi connectivity index (χ1n) is 7.36. The Labute approximate surface area is 134 Å². The van der Waals surface area contributed by atoms with Crippen molar-refractivity contribution >= 4 is 22.0 Å². The second-order valence-corrected chi connectivity index (χ2v) is 6.47. The standard InChI is InChI=1S/C16H22BrNO3/c1-12(2)21-16(19)18-9-7-15(8-10-18)20-11-13-3-5-14(17)6-4-13/h3-6,12,15H,7-11H2,1-2H3. The zero-order valence-corrected chi connectivity index (χ0v) is 14.1. The van der Waals surface area contributed by atoms with Crippen molar-refractivity contribution in [2.75, 3.05) is 13.1 Å². The summed E-state index contributed by atoms with van der Waals surface area (Å²) in [6, 6.07) is 8.14. The van der Waals surface area contributed by atoms with E-state index in [-0.39, 0.29) is 18.3 Å². The molecule has 1 aliphatic rings. The van der Waals surface area contributed by atoms with Gasteiger partial charge in [0, 0.05) is 17.6 Å². The monoisotopic (exact) mass is 355 g/mol.